The number of rotatable bonds is 6. The number of likely N-dealkylation sites (N-methyl/N-ethyl adjacent to an activating group) is 1. The molecule has 0 aliphatic carbocycles. The van der Waals surface area contributed by atoms with E-state index >= 15 is 0 Å². The van der Waals surface area contributed by atoms with Crippen LogP contribution in [0.25, 0.3) is 0 Å². The molecule has 0 bridgehead atoms. The fraction of sp³-hybridized carbons (Fsp3) is 0.600. The van der Waals surface area contributed by atoms with Gasteiger partial charge in [0.25, 0.3) is 0 Å². The quantitative estimate of drug-likeness (QED) is 0.562. The number of urea groups is 1. The van der Waals surface area contributed by atoms with Crippen LogP contribution >= 0.6 is 0 Å². The van der Waals surface area contributed by atoms with Gasteiger partial charge >= 0.3 is 12.0 Å². The van der Waals surface area contributed by atoms with Gasteiger partial charge in [0, 0.05) is 7.05 Å². The molecule has 0 aliphatic heterocycles. The summed E-state index contributed by atoms with van der Waals surface area (Å²) in [6.45, 7) is 4.90. The van der Waals surface area contributed by atoms with Crippen LogP contribution in [0.2, 0.25) is 0 Å². The molecule has 0 heterocycles. The lowest BCUT2D eigenvalue weighted by Crippen LogP contribution is -2.49. The number of aliphatic hydroxyl groups excluding tert-OH is 1. The second kappa shape index (κ2) is 6.84. The molecular formula is C10H18N2O4. The van der Waals surface area contributed by atoms with Crippen LogP contribution in [0.3, 0.4) is 0 Å². The third-order valence-electron chi connectivity index (χ3n) is 2.24. The number of carbonyl (C=O) groups excluding carboxylic acids is 1. The molecule has 0 saturated carbocycles. The molecule has 0 aromatic carbocycles. The van der Waals surface area contributed by atoms with Gasteiger partial charge in [0.2, 0.25) is 0 Å². The van der Waals surface area contributed by atoms with Crippen LogP contribution in [0, 0.1) is 0 Å². The van der Waals surface area contributed by atoms with Gasteiger partial charge in [-0.3, -0.25) is 0 Å². The second-order valence-corrected chi connectivity index (χ2v) is 3.51. The summed E-state index contributed by atoms with van der Waals surface area (Å²) in [6.07, 6.45) is 1.58. The molecule has 0 aromatic rings. The van der Waals surface area contributed by atoms with Crippen molar-refractivity contribution in [3.05, 3.63) is 12.7 Å². The number of aliphatic hydroxyl groups is 1. The van der Waals surface area contributed by atoms with E-state index < -0.39 is 18.0 Å². The molecule has 6 heteroatoms. The molecule has 2 unspecified atom stereocenters. The highest BCUT2D eigenvalue weighted by Gasteiger charge is 2.22. The van der Waals surface area contributed by atoms with Crippen molar-refractivity contribution in [1.29, 1.82) is 0 Å². The molecule has 0 saturated heterocycles. The van der Waals surface area contributed by atoms with Gasteiger partial charge in [-0.05, 0) is 13.3 Å². The van der Waals surface area contributed by atoms with Gasteiger partial charge in [-0.1, -0.05) is 6.08 Å². The summed E-state index contributed by atoms with van der Waals surface area (Å²) in [4.78, 5) is 23.5. The molecule has 0 spiro atoms. The van der Waals surface area contributed by atoms with E-state index in [4.69, 9.17) is 10.2 Å². The summed E-state index contributed by atoms with van der Waals surface area (Å²) >= 11 is 0. The van der Waals surface area contributed by atoms with Crippen LogP contribution in [-0.4, -0.2) is 52.9 Å². The van der Waals surface area contributed by atoms with Crippen molar-refractivity contribution in [1.82, 2.24) is 10.2 Å². The van der Waals surface area contributed by atoms with Gasteiger partial charge < -0.3 is 20.4 Å². The first-order valence-corrected chi connectivity index (χ1v) is 4.91. The molecule has 92 valence electrons. The number of hydrogen-bond donors (Lipinski definition) is 3. The molecule has 0 radical (unpaired) electrons. The van der Waals surface area contributed by atoms with Crippen molar-refractivity contribution in [3.63, 3.8) is 0 Å². The van der Waals surface area contributed by atoms with Gasteiger partial charge in [-0.25, -0.2) is 9.59 Å². The summed E-state index contributed by atoms with van der Waals surface area (Å²) < 4.78 is 0. The number of amides is 2. The summed E-state index contributed by atoms with van der Waals surface area (Å²) in [5.74, 6) is -1.11. The van der Waals surface area contributed by atoms with E-state index in [0.717, 1.165) is 0 Å². The van der Waals surface area contributed by atoms with Crippen molar-refractivity contribution in [2.75, 3.05) is 13.7 Å². The van der Waals surface area contributed by atoms with E-state index in [2.05, 4.69) is 11.9 Å². The zero-order valence-electron chi connectivity index (χ0n) is 9.51. The Morgan fingerprint density at radius 2 is 2.12 bits per heavy atom. The fourth-order valence-corrected chi connectivity index (χ4v) is 0.962. The highest BCUT2D eigenvalue weighted by molar-refractivity contribution is 5.82. The Morgan fingerprint density at radius 3 is 2.50 bits per heavy atom. The number of carboxylic acids is 1. The van der Waals surface area contributed by atoms with Gasteiger partial charge in [0.1, 0.15) is 6.04 Å². The Kier molecular flexibility index (Phi) is 6.17. The average Bonchev–Trinajstić information content (AvgIpc) is 2.25. The maximum atomic E-state index is 11.5. The fourth-order valence-electron chi connectivity index (χ4n) is 0.962. The highest BCUT2D eigenvalue weighted by Crippen LogP contribution is 1.99. The average molecular weight is 230 g/mol. The largest absolute Gasteiger partial charge is 0.480 e. The van der Waals surface area contributed by atoms with E-state index in [0.29, 0.717) is 0 Å². The number of aliphatic carboxylic acids is 1. The van der Waals surface area contributed by atoms with Crippen LogP contribution in [-0.2, 0) is 4.79 Å². The molecule has 0 aromatic heterocycles. The number of carboxylic acid groups (broad SMARTS) is 1. The van der Waals surface area contributed by atoms with Crippen molar-refractivity contribution < 1.29 is 19.8 Å². The van der Waals surface area contributed by atoms with Crippen LogP contribution in [0.1, 0.15) is 13.3 Å². The van der Waals surface area contributed by atoms with Crippen molar-refractivity contribution in [3.8, 4) is 0 Å². The summed E-state index contributed by atoms with van der Waals surface area (Å²) in [5, 5.41) is 20.0. The van der Waals surface area contributed by atoms with Crippen molar-refractivity contribution in [2.24, 2.45) is 0 Å². The lowest BCUT2D eigenvalue weighted by molar-refractivity contribution is -0.139. The van der Waals surface area contributed by atoms with Crippen LogP contribution < -0.4 is 5.32 Å². The molecular weight excluding hydrogens is 212 g/mol. The van der Waals surface area contributed by atoms with E-state index in [1.807, 2.05) is 0 Å². The van der Waals surface area contributed by atoms with E-state index in [-0.39, 0.29) is 19.1 Å². The first-order chi connectivity index (χ1) is 7.43. The Labute approximate surface area is 94.6 Å². The first kappa shape index (κ1) is 14.4. The number of hydrogen-bond acceptors (Lipinski definition) is 3. The van der Waals surface area contributed by atoms with E-state index in [1.165, 1.54) is 18.0 Å². The Balaban J connectivity index is 4.39. The molecule has 3 N–H and O–H groups in total. The first-order valence-electron chi connectivity index (χ1n) is 4.91. The summed E-state index contributed by atoms with van der Waals surface area (Å²) in [7, 11) is 1.49. The minimum Gasteiger partial charge on any atom is -0.480 e. The number of nitrogens with one attached hydrogen (secondary N) is 1. The van der Waals surface area contributed by atoms with E-state index in [9.17, 15) is 9.59 Å². The molecule has 0 aliphatic rings. The molecule has 6 nitrogen and oxygen atoms in total. The molecule has 0 fully saturated rings. The standard InChI is InChI=1S/C10H18N2O4/c1-4-5-8(9(14)15)11-10(16)12(3)7(2)6-13/h4,7-8,13H,1,5-6H2,2-3H3,(H,11,16)(H,14,15). The highest BCUT2D eigenvalue weighted by atomic mass is 16.4. The SMILES string of the molecule is C=CCC(NC(=O)N(C)C(C)CO)C(=O)O. The summed E-state index contributed by atoms with van der Waals surface area (Å²) in [5.41, 5.74) is 0. The zero-order valence-corrected chi connectivity index (χ0v) is 9.51. The molecule has 0 rings (SSSR count). The predicted octanol–water partition coefficient (Wildman–Crippen LogP) is 0.0379. The van der Waals surface area contributed by atoms with Crippen molar-refractivity contribution >= 4 is 12.0 Å². The lowest BCUT2D eigenvalue weighted by Gasteiger charge is -2.25. The Bertz CT molecular complexity index is 268. The predicted molar refractivity (Wildman–Crippen MR) is 59.1 cm³/mol. The maximum Gasteiger partial charge on any atom is 0.326 e. The van der Waals surface area contributed by atoms with Crippen LogP contribution in [0.15, 0.2) is 12.7 Å². The maximum absolute atomic E-state index is 11.5. The lowest BCUT2D eigenvalue weighted by atomic mass is 10.2. The normalized spacial score (nSPS) is 13.7. The third-order valence-corrected chi connectivity index (χ3v) is 2.24. The van der Waals surface area contributed by atoms with Gasteiger partial charge in [0.15, 0.2) is 0 Å². The molecule has 2 atom stereocenters. The van der Waals surface area contributed by atoms with Gasteiger partial charge in [-0.15, -0.1) is 6.58 Å². The Hall–Kier alpha value is -1.56. The third kappa shape index (κ3) is 4.31. The van der Waals surface area contributed by atoms with Gasteiger partial charge in [-0.2, -0.15) is 0 Å². The van der Waals surface area contributed by atoms with E-state index in [1.54, 1.807) is 6.92 Å². The zero-order chi connectivity index (χ0) is 12.7. The monoisotopic (exact) mass is 230 g/mol. The molecule has 2 amide bonds. The van der Waals surface area contributed by atoms with Crippen LogP contribution in [0.4, 0.5) is 4.79 Å². The van der Waals surface area contributed by atoms with Crippen LogP contribution in [0.5, 0.6) is 0 Å². The number of nitrogens with zero attached hydrogens (tertiary/aromatic N) is 1. The minimum atomic E-state index is -1.11. The minimum absolute atomic E-state index is 0.155. The summed E-state index contributed by atoms with van der Waals surface area (Å²) in [6, 6.07) is -1.88. The topological polar surface area (TPSA) is 89.9 Å². The smallest absolute Gasteiger partial charge is 0.326 e. The second-order valence-electron chi connectivity index (χ2n) is 3.51. The van der Waals surface area contributed by atoms with Gasteiger partial charge in [0.05, 0.1) is 12.6 Å². The molecule has 16 heavy (non-hydrogen) atoms. The number of carbonyl (C=O) groups is 2. The van der Waals surface area contributed by atoms with Crippen molar-refractivity contribution in [2.45, 2.75) is 25.4 Å². The Morgan fingerprint density at radius 1 is 1.56 bits per heavy atom.